The fourth-order valence-corrected chi connectivity index (χ4v) is 3.33. The lowest BCUT2D eigenvalue weighted by atomic mass is 9.90. The smallest absolute Gasteiger partial charge is 0.252 e. The average molecular weight is 373 g/mol. The molecule has 3 rings (SSSR count). The number of nitrogens with zero attached hydrogens (tertiary/aromatic N) is 1. The van der Waals surface area contributed by atoms with Crippen LogP contribution in [-0.4, -0.2) is 42.2 Å². The Bertz CT molecular complexity index is 795. The highest BCUT2D eigenvalue weighted by molar-refractivity contribution is 7.80. The number of halogens is 1. The Labute approximate surface area is 156 Å². The van der Waals surface area contributed by atoms with Crippen molar-refractivity contribution in [3.63, 3.8) is 0 Å². The van der Waals surface area contributed by atoms with Gasteiger partial charge in [-0.25, -0.2) is 4.39 Å². The number of benzene rings is 2. The van der Waals surface area contributed by atoms with Crippen molar-refractivity contribution in [2.75, 3.05) is 20.2 Å². The largest absolute Gasteiger partial charge is 0.497 e. The van der Waals surface area contributed by atoms with Crippen molar-refractivity contribution in [3.8, 4) is 5.75 Å². The van der Waals surface area contributed by atoms with E-state index in [1.165, 1.54) is 17.0 Å². The summed E-state index contributed by atoms with van der Waals surface area (Å²) in [6.07, 6.45) is 0. The highest BCUT2D eigenvalue weighted by Gasteiger charge is 2.36. The van der Waals surface area contributed by atoms with Gasteiger partial charge in [0.15, 0.2) is 5.11 Å². The number of amides is 1. The first kappa shape index (κ1) is 18.3. The van der Waals surface area contributed by atoms with Crippen molar-refractivity contribution >= 4 is 23.2 Å². The molecule has 1 heterocycles. The first-order valence-corrected chi connectivity index (χ1v) is 8.65. The molecule has 0 saturated carbocycles. The molecule has 136 valence electrons. The van der Waals surface area contributed by atoms with Crippen LogP contribution in [0, 0.1) is 5.82 Å². The number of hydrogen-bond donors (Lipinski definition) is 2. The molecular formula is C19H20FN3O2S. The molecule has 7 heteroatoms. The second kappa shape index (κ2) is 7.80. The summed E-state index contributed by atoms with van der Waals surface area (Å²) in [6.45, 7) is 0.526. The average Bonchev–Trinajstić information content (AvgIpc) is 2.94. The SMILES string of the molecule is COc1ccc(C(CN2C(=O)C(CN)NC2=S)c2ccc(F)cc2)cc1. The number of ether oxygens (including phenoxy) is 1. The normalized spacial score (nSPS) is 18.0. The van der Waals surface area contributed by atoms with E-state index < -0.39 is 6.04 Å². The van der Waals surface area contributed by atoms with Crippen molar-refractivity contribution in [3.05, 3.63) is 65.5 Å². The number of thiocarbonyl (C=S) groups is 1. The topological polar surface area (TPSA) is 67.6 Å². The molecule has 1 aliphatic rings. The van der Waals surface area contributed by atoms with Crippen LogP contribution in [0.4, 0.5) is 4.39 Å². The van der Waals surface area contributed by atoms with Gasteiger partial charge in [0.05, 0.1) is 7.11 Å². The molecule has 2 atom stereocenters. The molecule has 0 aromatic heterocycles. The van der Waals surface area contributed by atoms with Gasteiger partial charge in [-0.1, -0.05) is 24.3 Å². The summed E-state index contributed by atoms with van der Waals surface area (Å²) in [6, 6.07) is 13.4. The lowest BCUT2D eigenvalue weighted by molar-refractivity contribution is -0.126. The highest BCUT2D eigenvalue weighted by atomic mass is 32.1. The quantitative estimate of drug-likeness (QED) is 0.759. The number of nitrogens with two attached hydrogens (primary N) is 1. The first-order chi connectivity index (χ1) is 12.5. The van der Waals surface area contributed by atoms with Gasteiger partial charge in [-0.3, -0.25) is 9.69 Å². The fourth-order valence-electron chi connectivity index (χ4n) is 3.03. The van der Waals surface area contributed by atoms with Gasteiger partial charge in [0.1, 0.15) is 17.6 Å². The van der Waals surface area contributed by atoms with Crippen molar-refractivity contribution in [2.45, 2.75) is 12.0 Å². The van der Waals surface area contributed by atoms with Crippen molar-refractivity contribution in [2.24, 2.45) is 5.73 Å². The third kappa shape index (κ3) is 3.68. The maximum absolute atomic E-state index is 13.4. The maximum Gasteiger partial charge on any atom is 0.252 e. The van der Waals surface area contributed by atoms with E-state index in [0.29, 0.717) is 11.7 Å². The first-order valence-electron chi connectivity index (χ1n) is 8.25. The van der Waals surface area contributed by atoms with Crippen LogP contribution in [0.5, 0.6) is 5.75 Å². The van der Waals surface area contributed by atoms with E-state index in [9.17, 15) is 9.18 Å². The maximum atomic E-state index is 13.4. The summed E-state index contributed by atoms with van der Waals surface area (Å²) in [4.78, 5) is 14.0. The molecule has 1 aliphatic heterocycles. The van der Waals surface area contributed by atoms with E-state index in [4.69, 9.17) is 22.7 Å². The molecule has 1 saturated heterocycles. The Balaban J connectivity index is 1.93. The molecule has 2 unspecified atom stereocenters. The van der Waals surface area contributed by atoms with Gasteiger partial charge in [-0.2, -0.15) is 0 Å². The molecule has 2 aromatic rings. The van der Waals surface area contributed by atoms with E-state index in [0.717, 1.165) is 16.9 Å². The molecule has 2 aromatic carbocycles. The van der Waals surface area contributed by atoms with Crippen LogP contribution in [0.1, 0.15) is 17.0 Å². The van der Waals surface area contributed by atoms with Gasteiger partial charge >= 0.3 is 0 Å². The summed E-state index contributed by atoms with van der Waals surface area (Å²) in [5.74, 6) is 0.129. The minimum atomic E-state index is -0.493. The van der Waals surface area contributed by atoms with Gasteiger partial charge in [0.2, 0.25) is 0 Å². The molecule has 26 heavy (non-hydrogen) atoms. The van der Waals surface area contributed by atoms with Crippen LogP contribution in [0.2, 0.25) is 0 Å². The molecule has 0 radical (unpaired) electrons. The van der Waals surface area contributed by atoms with Gasteiger partial charge in [0.25, 0.3) is 5.91 Å². The van der Waals surface area contributed by atoms with Crippen LogP contribution in [0.25, 0.3) is 0 Å². The zero-order valence-corrected chi connectivity index (χ0v) is 15.1. The van der Waals surface area contributed by atoms with Crippen LogP contribution in [0.3, 0.4) is 0 Å². The van der Waals surface area contributed by atoms with E-state index in [1.54, 1.807) is 19.2 Å². The van der Waals surface area contributed by atoms with E-state index >= 15 is 0 Å². The minimum Gasteiger partial charge on any atom is -0.497 e. The van der Waals surface area contributed by atoms with Gasteiger partial charge in [-0.05, 0) is 47.6 Å². The Kier molecular flexibility index (Phi) is 5.49. The summed E-state index contributed by atoms with van der Waals surface area (Å²) in [5, 5.41) is 3.31. The number of carbonyl (C=O) groups excluding carboxylic acids is 1. The van der Waals surface area contributed by atoms with Crippen molar-refractivity contribution in [1.82, 2.24) is 10.2 Å². The predicted octanol–water partition coefficient (Wildman–Crippen LogP) is 2.01. The monoisotopic (exact) mass is 373 g/mol. The molecular weight excluding hydrogens is 353 g/mol. The lowest BCUT2D eigenvalue weighted by Crippen LogP contribution is -2.38. The lowest BCUT2D eigenvalue weighted by Gasteiger charge is -2.24. The van der Waals surface area contributed by atoms with E-state index in [1.807, 2.05) is 24.3 Å². The standard InChI is InChI=1S/C19H20FN3O2S/c1-25-15-8-4-13(5-9-15)16(12-2-6-14(20)7-3-12)11-23-18(24)17(10-21)22-19(23)26/h2-9,16-17H,10-11,21H2,1H3,(H,22,26). The van der Waals surface area contributed by atoms with Crippen LogP contribution < -0.4 is 15.8 Å². The third-order valence-electron chi connectivity index (χ3n) is 4.50. The third-order valence-corrected chi connectivity index (χ3v) is 4.84. The Morgan fingerprint density at radius 1 is 1.19 bits per heavy atom. The minimum absolute atomic E-state index is 0.141. The molecule has 3 N–H and O–H groups in total. The summed E-state index contributed by atoms with van der Waals surface area (Å²) in [5.41, 5.74) is 7.49. The van der Waals surface area contributed by atoms with Gasteiger partial charge < -0.3 is 15.8 Å². The zero-order chi connectivity index (χ0) is 18.7. The number of hydrogen-bond acceptors (Lipinski definition) is 4. The number of rotatable bonds is 6. The zero-order valence-electron chi connectivity index (χ0n) is 14.3. The Hall–Kier alpha value is -2.51. The second-order valence-electron chi connectivity index (χ2n) is 6.06. The van der Waals surface area contributed by atoms with Crippen LogP contribution >= 0.6 is 12.2 Å². The number of carbonyl (C=O) groups is 1. The molecule has 0 bridgehead atoms. The van der Waals surface area contributed by atoms with E-state index in [2.05, 4.69) is 5.32 Å². The molecule has 1 fully saturated rings. The predicted molar refractivity (Wildman–Crippen MR) is 102 cm³/mol. The Morgan fingerprint density at radius 3 is 2.27 bits per heavy atom. The number of nitrogens with one attached hydrogen (secondary N) is 1. The van der Waals surface area contributed by atoms with Crippen LogP contribution in [-0.2, 0) is 4.79 Å². The number of methoxy groups -OCH3 is 1. The van der Waals surface area contributed by atoms with Gasteiger partial charge in [0, 0.05) is 19.0 Å². The Morgan fingerprint density at radius 2 is 1.77 bits per heavy atom. The highest BCUT2D eigenvalue weighted by Crippen LogP contribution is 2.28. The summed E-state index contributed by atoms with van der Waals surface area (Å²) >= 11 is 5.30. The summed E-state index contributed by atoms with van der Waals surface area (Å²) < 4.78 is 18.6. The summed E-state index contributed by atoms with van der Waals surface area (Å²) in [7, 11) is 1.60. The molecule has 1 amide bonds. The van der Waals surface area contributed by atoms with Crippen LogP contribution in [0.15, 0.2) is 48.5 Å². The van der Waals surface area contributed by atoms with Crippen molar-refractivity contribution in [1.29, 1.82) is 0 Å². The molecule has 0 aliphatic carbocycles. The molecule has 5 nitrogen and oxygen atoms in total. The second-order valence-corrected chi connectivity index (χ2v) is 6.45. The fraction of sp³-hybridized carbons (Fsp3) is 0.263. The van der Waals surface area contributed by atoms with Crippen molar-refractivity contribution < 1.29 is 13.9 Å². The molecule has 0 spiro atoms. The van der Waals surface area contributed by atoms with E-state index in [-0.39, 0.29) is 24.2 Å². The van der Waals surface area contributed by atoms with Gasteiger partial charge in [-0.15, -0.1) is 0 Å².